The fourth-order valence-corrected chi connectivity index (χ4v) is 2.51. The maximum atomic E-state index is 11.9. The molecule has 0 aliphatic carbocycles. The number of hydrogen-bond acceptors (Lipinski definition) is 3. The van der Waals surface area contributed by atoms with Crippen molar-refractivity contribution in [3.8, 4) is 5.75 Å². The zero-order valence-corrected chi connectivity index (χ0v) is 12.7. The van der Waals surface area contributed by atoms with Crippen LogP contribution >= 0.6 is 0 Å². The van der Waals surface area contributed by atoms with Gasteiger partial charge in [0.25, 0.3) is 0 Å². The van der Waals surface area contributed by atoms with E-state index in [0.29, 0.717) is 5.52 Å². The van der Waals surface area contributed by atoms with E-state index >= 15 is 0 Å². The van der Waals surface area contributed by atoms with Crippen molar-refractivity contribution in [1.29, 1.82) is 0 Å². The van der Waals surface area contributed by atoms with E-state index < -0.39 is 0 Å². The molecule has 0 fully saturated rings. The molecular formula is C17H20NO3-. The van der Waals surface area contributed by atoms with E-state index in [1.165, 1.54) is 0 Å². The van der Waals surface area contributed by atoms with E-state index in [9.17, 15) is 10.0 Å². The van der Waals surface area contributed by atoms with Gasteiger partial charge in [0, 0.05) is 17.1 Å². The Hall–Kier alpha value is -2.23. The third-order valence-corrected chi connectivity index (χ3v) is 3.70. The number of carbonyl (C=O) groups is 1. The van der Waals surface area contributed by atoms with Gasteiger partial charge in [-0.15, -0.1) is 0 Å². The van der Waals surface area contributed by atoms with Crippen molar-refractivity contribution in [3.63, 3.8) is 0 Å². The minimum atomic E-state index is 0.116. The molecule has 0 radical (unpaired) electrons. The van der Waals surface area contributed by atoms with Gasteiger partial charge in [-0.1, -0.05) is 13.0 Å². The molecule has 0 spiro atoms. The first kappa shape index (κ1) is 15.2. The maximum absolute atomic E-state index is 11.9. The first-order valence-corrected chi connectivity index (χ1v) is 7.12. The fraction of sp³-hybridized carbons (Fsp3) is 0.353. The van der Waals surface area contributed by atoms with E-state index in [4.69, 9.17) is 4.74 Å². The number of allylic oxidation sites excluding steroid dienone is 2. The molecule has 0 saturated heterocycles. The molecule has 2 aromatic rings. The number of fused-ring (bicyclic) bond motifs is 1. The first-order chi connectivity index (χ1) is 10.1. The first-order valence-electron chi connectivity index (χ1n) is 7.12. The summed E-state index contributed by atoms with van der Waals surface area (Å²) < 4.78 is 6.10. The summed E-state index contributed by atoms with van der Waals surface area (Å²) in [4.78, 5) is 11.4. The highest BCUT2D eigenvalue weighted by Crippen LogP contribution is 2.26. The van der Waals surface area contributed by atoms with Crippen molar-refractivity contribution in [3.05, 3.63) is 46.8 Å². The molecule has 2 rings (SSSR count). The molecule has 112 valence electrons. The number of Topliss-reactive ketones (excluding diaryl/α,β-unsaturated/α-hetero) is 1. The molecule has 4 nitrogen and oxygen atoms in total. The second kappa shape index (κ2) is 6.48. The number of hydrogen-bond donors (Lipinski definition) is 0. The Balaban J connectivity index is 2.24. The normalized spacial score (nSPS) is 11.9. The van der Waals surface area contributed by atoms with Crippen LogP contribution in [0, 0.1) is 5.21 Å². The Morgan fingerprint density at radius 2 is 2.19 bits per heavy atom. The van der Waals surface area contributed by atoms with Crippen LogP contribution in [-0.2, 0) is 11.2 Å². The second-order valence-corrected chi connectivity index (χ2v) is 5.04. The minimum Gasteiger partial charge on any atom is -0.806 e. The van der Waals surface area contributed by atoms with Gasteiger partial charge in [0.2, 0.25) is 0 Å². The van der Waals surface area contributed by atoms with Crippen LogP contribution in [0.2, 0.25) is 0 Å². The smallest absolute Gasteiger partial charge is 0.155 e. The minimum absolute atomic E-state index is 0.116. The number of benzene rings is 1. The van der Waals surface area contributed by atoms with E-state index in [1.807, 2.05) is 19.1 Å². The quantitative estimate of drug-likeness (QED) is 0.758. The number of nitrogens with zero attached hydrogens (tertiary/aromatic N) is 1. The Morgan fingerprint density at radius 3 is 2.81 bits per heavy atom. The second-order valence-electron chi connectivity index (χ2n) is 5.04. The topological polar surface area (TPSA) is 54.3 Å². The Labute approximate surface area is 124 Å². The van der Waals surface area contributed by atoms with Crippen LogP contribution in [0.1, 0.15) is 32.3 Å². The summed E-state index contributed by atoms with van der Waals surface area (Å²) in [6.07, 6.45) is 5.80. The number of ketones is 1. The molecule has 1 aromatic carbocycles. The third-order valence-electron chi connectivity index (χ3n) is 3.70. The SMILES string of the molecule is CC/C(=C/CCc1cn([O-])c2ccc(OC)cc12)C(C)=O. The molecule has 0 bridgehead atoms. The predicted octanol–water partition coefficient (Wildman–Crippen LogP) is 3.85. The molecule has 0 aliphatic rings. The number of aromatic nitrogens is 1. The van der Waals surface area contributed by atoms with Gasteiger partial charge in [-0.25, -0.2) is 0 Å². The molecule has 0 saturated carbocycles. The molecule has 0 aliphatic heterocycles. The Bertz CT molecular complexity index is 683. The summed E-state index contributed by atoms with van der Waals surface area (Å²) in [7, 11) is 1.61. The molecule has 0 atom stereocenters. The van der Waals surface area contributed by atoms with E-state index in [2.05, 4.69) is 0 Å². The summed E-state index contributed by atoms with van der Waals surface area (Å²) in [6, 6.07) is 5.44. The van der Waals surface area contributed by atoms with Crippen LogP contribution in [-0.4, -0.2) is 17.6 Å². The highest BCUT2D eigenvalue weighted by Gasteiger charge is 2.07. The van der Waals surface area contributed by atoms with Gasteiger partial charge in [0.15, 0.2) is 5.78 Å². The monoisotopic (exact) mass is 286 g/mol. The number of methoxy groups -OCH3 is 1. The van der Waals surface area contributed by atoms with Crippen LogP contribution in [0.3, 0.4) is 0 Å². The van der Waals surface area contributed by atoms with E-state index in [-0.39, 0.29) is 5.78 Å². The summed E-state index contributed by atoms with van der Waals surface area (Å²) in [5.41, 5.74) is 2.48. The maximum Gasteiger partial charge on any atom is 0.155 e. The summed E-state index contributed by atoms with van der Waals surface area (Å²) in [5.74, 6) is 0.855. The van der Waals surface area contributed by atoms with Gasteiger partial charge >= 0.3 is 0 Å². The highest BCUT2D eigenvalue weighted by atomic mass is 16.5. The molecule has 0 amide bonds. The average Bonchev–Trinajstić information content (AvgIpc) is 2.79. The van der Waals surface area contributed by atoms with Crippen LogP contribution in [0.25, 0.3) is 10.9 Å². The lowest BCUT2D eigenvalue weighted by molar-refractivity contribution is -0.113. The average molecular weight is 286 g/mol. The number of aryl methyl sites for hydroxylation is 1. The number of rotatable bonds is 6. The highest BCUT2D eigenvalue weighted by molar-refractivity contribution is 5.93. The largest absolute Gasteiger partial charge is 0.806 e. The lowest BCUT2D eigenvalue weighted by Crippen LogP contribution is -1.95. The third kappa shape index (κ3) is 3.27. The molecule has 0 unspecified atom stereocenters. The van der Waals surface area contributed by atoms with Gasteiger partial charge in [0.05, 0.1) is 7.11 Å². The van der Waals surface area contributed by atoms with Crippen molar-refractivity contribution >= 4 is 16.7 Å². The van der Waals surface area contributed by atoms with Crippen molar-refractivity contribution < 1.29 is 9.53 Å². The van der Waals surface area contributed by atoms with Gasteiger partial charge < -0.3 is 14.7 Å². The number of carbonyl (C=O) groups excluding carboxylic acids is 1. The van der Waals surface area contributed by atoms with Gasteiger partial charge in [-0.2, -0.15) is 0 Å². The predicted molar refractivity (Wildman–Crippen MR) is 84.6 cm³/mol. The lowest BCUT2D eigenvalue weighted by Gasteiger charge is -2.07. The molecule has 21 heavy (non-hydrogen) atoms. The fourth-order valence-electron chi connectivity index (χ4n) is 2.51. The Morgan fingerprint density at radius 1 is 1.43 bits per heavy atom. The van der Waals surface area contributed by atoms with Crippen LogP contribution in [0.15, 0.2) is 36.0 Å². The standard InChI is InChI=1S/C17H20NO3/c1-4-13(12(2)19)6-5-7-14-11-18(20)17-9-8-15(21-3)10-16(14)17/h6,8-11H,4-5,7H2,1-3H3/q-1/b13-6-. The zero-order valence-electron chi connectivity index (χ0n) is 12.7. The van der Waals surface area contributed by atoms with Crippen molar-refractivity contribution in [2.24, 2.45) is 0 Å². The van der Waals surface area contributed by atoms with Crippen molar-refractivity contribution in [2.75, 3.05) is 7.11 Å². The van der Waals surface area contributed by atoms with Gasteiger partial charge in [-0.3, -0.25) is 4.79 Å². The summed E-state index contributed by atoms with van der Waals surface area (Å²) in [5, 5.41) is 12.8. The van der Waals surface area contributed by atoms with Crippen LogP contribution < -0.4 is 4.74 Å². The van der Waals surface area contributed by atoms with Gasteiger partial charge in [-0.05, 0) is 55.5 Å². The molecule has 4 heteroatoms. The van der Waals surface area contributed by atoms with Crippen LogP contribution in [0.4, 0.5) is 0 Å². The van der Waals surface area contributed by atoms with Gasteiger partial charge in [0.1, 0.15) is 5.75 Å². The zero-order chi connectivity index (χ0) is 15.4. The molecule has 1 aromatic heterocycles. The lowest BCUT2D eigenvalue weighted by atomic mass is 10.0. The van der Waals surface area contributed by atoms with Crippen molar-refractivity contribution in [2.45, 2.75) is 33.1 Å². The van der Waals surface area contributed by atoms with Crippen molar-refractivity contribution in [1.82, 2.24) is 4.73 Å². The summed E-state index contributed by atoms with van der Waals surface area (Å²) in [6.45, 7) is 3.56. The molecule has 1 heterocycles. The van der Waals surface area contributed by atoms with E-state index in [0.717, 1.165) is 46.3 Å². The summed E-state index contributed by atoms with van der Waals surface area (Å²) >= 11 is 0. The van der Waals surface area contributed by atoms with E-state index in [1.54, 1.807) is 32.4 Å². The Kier molecular flexibility index (Phi) is 4.68. The van der Waals surface area contributed by atoms with Crippen LogP contribution in [0.5, 0.6) is 5.75 Å². The molecule has 0 N–H and O–H groups in total. The molecular weight excluding hydrogens is 266 g/mol. The number of ether oxygens (including phenoxy) is 1.